The van der Waals surface area contributed by atoms with Crippen molar-refractivity contribution in [1.82, 2.24) is 16.0 Å². The zero-order chi connectivity index (χ0) is 24.1. The highest BCUT2D eigenvalue weighted by Gasteiger charge is 2.32. The number of hydrogen-bond donors (Lipinski definition) is 8. The van der Waals surface area contributed by atoms with Crippen molar-refractivity contribution < 1.29 is 44.4 Å². The van der Waals surface area contributed by atoms with Crippen LogP contribution in [0.3, 0.4) is 0 Å². The molecule has 5 atom stereocenters. The fraction of sp³-hybridized carbons (Fsp3) is 0.706. The van der Waals surface area contributed by atoms with Crippen molar-refractivity contribution in [2.45, 2.75) is 56.5 Å². The Labute approximate surface area is 183 Å². The van der Waals surface area contributed by atoms with Gasteiger partial charge in [-0.1, -0.05) is 0 Å². The first kappa shape index (κ1) is 28.6. The number of aliphatic carboxylic acids is 2. The van der Waals surface area contributed by atoms with Crippen LogP contribution in [0.15, 0.2) is 0 Å². The molecule has 14 heteroatoms. The number of thioether (sulfide) groups is 1. The van der Waals surface area contributed by atoms with Crippen LogP contribution in [0.2, 0.25) is 0 Å². The minimum absolute atomic E-state index is 0.106. The van der Waals surface area contributed by atoms with Crippen LogP contribution in [0.4, 0.5) is 0 Å². The Morgan fingerprint density at radius 1 is 0.935 bits per heavy atom. The second-order valence-electron chi connectivity index (χ2n) is 6.69. The molecule has 0 radical (unpaired) electrons. The lowest BCUT2D eigenvalue weighted by Gasteiger charge is -2.26. The normalized spacial score (nSPS) is 15.6. The first-order chi connectivity index (χ1) is 14.4. The third-order valence-electron chi connectivity index (χ3n) is 4.11. The zero-order valence-corrected chi connectivity index (χ0v) is 18.1. The van der Waals surface area contributed by atoms with E-state index in [2.05, 4.69) is 16.0 Å². The molecule has 0 saturated carbocycles. The van der Waals surface area contributed by atoms with E-state index >= 15 is 0 Å². The predicted molar refractivity (Wildman–Crippen MR) is 110 cm³/mol. The number of carbonyl (C=O) groups excluding carboxylic acids is 3. The molecule has 5 unspecified atom stereocenters. The van der Waals surface area contributed by atoms with Crippen LogP contribution >= 0.6 is 11.8 Å². The molecule has 3 amide bonds. The number of carboxylic acids is 2. The number of nitrogens with two attached hydrogens (primary N) is 1. The van der Waals surface area contributed by atoms with Crippen molar-refractivity contribution in [1.29, 1.82) is 0 Å². The Hall–Kier alpha value is -2.42. The molecule has 0 aliphatic heterocycles. The molecule has 0 bridgehead atoms. The quantitative estimate of drug-likeness (QED) is 0.120. The highest BCUT2D eigenvalue weighted by Crippen LogP contribution is 2.05. The van der Waals surface area contributed by atoms with E-state index in [4.69, 9.17) is 21.1 Å². The Kier molecular flexibility index (Phi) is 13.4. The lowest BCUT2D eigenvalue weighted by Crippen LogP contribution is -2.60. The molecule has 178 valence electrons. The molecule has 0 aliphatic rings. The van der Waals surface area contributed by atoms with Gasteiger partial charge in [0.05, 0.1) is 18.8 Å². The number of carbonyl (C=O) groups is 5. The van der Waals surface area contributed by atoms with Crippen molar-refractivity contribution >= 4 is 41.4 Å². The maximum absolute atomic E-state index is 12.6. The van der Waals surface area contributed by atoms with Gasteiger partial charge >= 0.3 is 11.9 Å². The number of rotatable bonds is 15. The predicted octanol–water partition coefficient (Wildman–Crippen LogP) is -3.16. The lowest BCUT2D eigenvalue weighted by molar-refractivity contribution is -0.143. The van der Waals surface area contributed by atoms with Gasteiger partial charge in [0.25, 0.3) is 0 Å². The average Bonchev–Trinajstić information content (AvgIpc) is 2.69. The van der Waals surface area contributed by atoms with E-state index in [1.54, 1.807) is 6.26 Å². The minimum Gasteiger partial charge on any atom is -0.481 e. The van der Waals surface area contributed by atoms with Crippen molar-refractivity contribution in [3.05, 3.63) is 0 Å². The second-order valence-corrected chi connectivity index (χ2v) is 7.68. The number of aliphatic hydroxyl groups excluding tert-OH is 2. The lowest BCUT2D eigenvalue weighted by atomic mass is 10.1. The number of hydrogen-bond acceptors (Lipinski definition) is 9. The van der Waals surface area contributed by atoms with Gasteiger partial charge in [-0.15, -0.1) is 0 Å². The third-order valence-corrected chi connectivity index (χ3v) is 4.75. The Balaban J connectivity index is 5.25. The summed E-state index contributed by atoms with van der Waals surface area (Å²) in [6.07, 6.45) is -0.0840. The topological polar surface area (TPSA) is 228 Å². The molecule has 0 saturated heterocycles. The summed E-state index contributed by atoms with van der Waals surface area (Å²) in [5, 5.41) is 43.2. The van der Waals surface area contributed by atoms with Gasteiger partial charge in [-0.25, -0.2) is 4.79 Å². The van der Waals surface area contributed by atoms with Crippen LogP contribution in [0.25, 0.3) is 0 Å². The molecule has 0 rings (SSSR count). The van der Waals surface area contributed by atoms with E-state index in [0.29, 0.717) is 5.75 Å². The van der Waals surface area contributed by atoms with Crippen LogP contribution in [0.5, 0.6) is 0 Å². The zero-order valence-electron chi connectivity index (χ0n) is 17.2. The first-order valence-electron chi connectivity index (χ1n) is 9.33. The highest BCUT2D eigenvalue weighted by atomic mass is 32.2. The number of aliphatic hydroxyl groups is 2. The third kappa shape index (κ3) is 11.0. The van der Waals surface area contributed by atoms with Crippen LogP contribution in [-0.4, -0.2) is 99.0 Å². The molecule has 9 N–H and O–H groups in total. The number of carboxylic acid groups (broad SMARTS) is 2. The minimum atomic E-state index is -1.57. The van der Waals surface area contributed by atoms with Gasteiger partial charge in [-0.05, 0) is 31.8 Å². The van der Waals surface area contributed by atoms with Gasteiger partial charge in [0, 0.05) is 6.42 Å². The standard InChI is InChI=1S/C17H30N4O9S/c1-8(23)13(21-14(26)9(18)3-4-12(24)25)16(28)19-10(5-6-31-2)15(27)20-11(7-22)17(29)30/h8-11,13,22-23H,3-7,18H2,1-2H3,(H,19,28)(H,20,27)(H,21,26)(H,24,25)(H,29,30). The largest absolute Gasteiger partial charge is 0.481 e. The van der Waals surface area contributed by atoms with Crippen LogP contribution < -0.4 is 21.7 Å². The van der Waals surface area contributed by atoms with Crippen LogP contribution in [0.1, 0.15) is 26.2 Å². The van der Waals surface area contributed by atoms with Crippen LogP contribution in [0, 0.1) is 0 Å². The SMILES string of the molecule is CSCCC(NC(=O)C(NC(=O)C(N)CCC(=O)O)C(C)O)C(=O)NC(CO)C(=O)O. The van der Waals surface area contributed by atoms with Gasteiger partial charge in [-0.3, -0.25) is 19.2 Å². The molecular weight excluding hydrogens is 436 g/mol. The summed E-state index contributed by atoms with van der Waals surface area (Å²) < 4.78 is 0. The first-order valence-corrected chi connectivity index (χ1v) is 10.7. The molecule has 13 nitrogen and oxygen atoms in total. The molecule has 31 heavy (non-hydrogen) atoms. The summed E-state index contributed by atoms with van der Waals surface area (Å²) in [5.41, 5.74) is 5.59. The number of amides is 3. The fourth-order valence-corrected chi connectivity index (χ4v) is 2.77. The molecular formula is C17H30N4O9S. The van der Waals surface area contributed by atoms with Crippen molar-refractivity contribution in [3.8, 4) is 0 Å². The van der Waals surface area contributed by atoms with Gasteiger partial charge < -0.3 is 42.1 Å². The van der Waals surface area contributed by atoms with E-state index in [-0.39, 0.29) is 19.3 Å². The monoisotopic (exact) mass is 466 g/mol. The summed E-state index contributed by atoms with van der Waals surface area (Å²) in [5.74, 6) is -4.85. The molecule has 0 aromatic rings. The second kappa shape index (κ2) is 14.6. The van der Waals surface area contributed by atoms with Gasteiger partial charge in [0.1, 0.15) is 18.1 Å². The number of nitrogens with one attached hydrogen (secondary N) is 3. The van der Waals surface area contributed by atoms with Crippen LogP contribution in [-0.2, 0) is 24.0 Å². The summed E-state index contributed by atoms with van der Waals surface area (Å²) in [4.78, 5) is 58.7. The summed E-state index contributed by atoms with van der Waals surface area (Å²) >= 11 is 1.36. The molecule has 0 fully saturated rings. The molecule has 0 spiro atoms. The van der Waals surface area contributed by atoms with Crippen molar-refractivity contribution in [2.75, 3.05) is 18.6 Å². The summed E-state index contributed by atoms with van der Waals surface area (Å²) in [7, 11) is 0. The maximum atomic E-state index is 12.6. The fourth-order valence-electron chi connectivity index (χ4n) is 2.30. The smallest absolute Gasteiger partial charge is 0.328 e. The molecule has 0 aliphatic carbocycles. The van der Waals surface area contributed by atoms with E-state index in [1.807, 2.05) is 0 Å². The highest BCUT2D eigenvalue weighted by molar-refractivity contribution is 7.98. The van der Waals surface area contributed by atoms with Gasteiger partial charge in [0.2, 0.25) is 17.7 Å². The summed E-state index contributed by atoms with van der Waals surface area (Å²) in [6, 6.07) is -5.50. The Bertz CT molecular complexity index is 647. The van der Waals surface area contributed by atoms with E-state index < -0.39 is 66.5 Å². The molecule has 0 aromatic carbocycles. The maximum Gasteiger partial charge on any atom is 0.328 e. The summed E-state index contributed by atoms with van der Waals surface area (Å²) in [6.45, 7) is 0.362. The van der Waals surface area contributed by atoms with Gasteiger partial charge in [0.15, 0.2) is 0 Å². The van der Waals surface area contributed by atoms with Gasteiger partial charge in [-0.2, -0.15) is 11.8 Å². The van der Waals surface area contributed by atoms with Crippen molar-refractivity contribution in [3.63, 3.8) is 0 Å². The average molecular weight is 467 g/mol. The van der Waals surface area contributed by atoms with E-state index in [0.717, 1.165) is 0 Å². The molecule has 0 aromatic heterocycles. The van der Waals surface area contributed by atoms with E-state index in [9.17, 15) is 29.1 Å². The Morgan fingerprint density at radius 2 is 1.52 bits per heavy atom. The van der Waals surface area contributed by atoms with E-state index in [1.165, 1.54) is 18.7 Å². The Morgan fingerprint density at radius 3 is 1.97 bits per heavy atom. The van der Waals surface area contributed by atoms with Crippen molar-refractivity contribution in [2.24, 2.45) is 5.73 Å². The molecule has 0 heterocycles.